The van der Waals surface area contributed by atoms with Crippen molar-refractivity contribution in [3.05, 3.63) is 35.9 Å². The Balaban J connectivity index is 2.64. The fraction of sp³-hybridized carbons (Fsp3) is 0.273. The molecule has 0 fully saturated rings. The molecule has 0 aliphatic carbocycles. The molecule has 0 bridgehead atoms. The number of halogens is 6. The summed E-state index contributed by atoms with van der Waals surface area (Å²) in [6.45, 7) is 0. The van der Waals surface area contributed by atoms with Crippen LogP contribution in [-0.2, 0) is 5.66 Å². The van der Waals surface area contributed by atoms with Crippen LogP contribution in [0.2, 0.25) is 0 Å². The number of amidine groups is 1. The zero-order valence-electron chi connectivity index (χ0n) is 9.63. The van der Waals surface area contributed by atoms with Crippen LogP contribution in [-0.4, -0.2) is 19.8 Å². The van der Waals surface area contributed by atoms with Crippen molar-refractivity contribution in [3.8, 4) is 0 Å². The maximum absolute atomic E-state index is 6.07. The summed E-state index contributed by atoms with van der Waals surface area (Å²) in [4.78, 5) is 8.41. The van der Waals surface area contributed by atoms with E-state index in [4.69, 9.17) is 69.6 Å². The first-order valence-corrected chi connectivity index (χ1v) is 7.53. The third-order valence-corrected chi connectivity index (χ3v) is 3.89. The molecule has 1 aliphatic rings. The fourth-order valence-corrected chi connectivity index (χ4v) is 2.56. The van der Waals surface area contributed by atoms with Crippen molar-refractivity contribution >= 4 is 81.8 Å². The van der Waals surface area contributed by atoms with Crippen LogP contribution in [0.15, 0.2) is 40.3 Å². The third kappa shape index (κ3) is 3.13. The van der Waals surface area contributed by atoms with E-state index in [1.165, 1.54) is 6.34 Å². The van der Waals surface area contributed by atoms with E-state index < -0.39 is 13.2 Å². The van der Waals surface area contributed by atoms with Gasteiger partial charge in [-0.1, -0.05) is 99.9 Å². The van der Waals surface area contributed by atoms with Gasteiger partial charge in [-0.15, -0.1) is 0 Å². The molecule has 1 atom stereocenters. The van der Waals surface area contributed by atoms with Crippen LogP contribution < -0.4 is 5.32 Å². The van der Waals surface area contributed by atoms with Crippen LogP contribution in [0.3, 0.4) is 0 Å². The summed E-state index contributed by atoms with van der Waals surface area (Å²) < 4.78 is -3.66. The maximum Gasteiger partial charge on any atom is 0.247 e. The Labute approximate surface area is 145 Å². The fourth-order valence-electron chi connectivity index (χ4n) is 1.66. The van der Waals surface area contributed by atoms with Crippen molar-refractivity contribution in [2.75, 3.05) is 0 Å². The molecular formula is C11H7Cl6N3. The van der Waals surface area contributed by atoms with Crippen LogP contribution in [0.25, 0.3) is 0 Å². The Bertz CT molecular complexity index is 546. The third-order valence-electron chi connectivity index (χ3n) is 2.57. The predicted molar refractivity (Wildman–Crippen MR) is 87.8 cm³/mol. The molecule has 0 saturated heterocycles. The highest BCUT2D eigenvalue weighted by Crippen LogP contribution is 2.50. The van der Waals surface area contributed by atoms with Gasteiger partial charge in [0.1, 0.15) is 0 Å². The first-order chi connectivity index (χ1) is 9.17. The Morgan fingerprint density at radius 1 is 0.950 bits per heavy atom. The summed E-state index contributed by atoms with van der Waals surface area (Å²) in [5.74, 6) is 0.0210. The van der Waals surface area contributed by atoms with E-state index in [-0.39, 0.29) is 5.84 Å². The molecule has 9 heteroatoms. The molecule has 0 spiro atoms. The van der Waals surface area contributed by atoms with Crippen molar-refractivity contribution in [2.45, 2.75) is 13.2 Å². The molecule has 1 N–H and O–H groups in total. The summed E-state index contributed by atoms with van der Waals surface area (Å²) >= 11 is 35.7. The lowest BCUT2D eigenvalue weighted by atomic mass is 10.0. The molecule has 20 heavy (non-hydrogen) atoms. The van der Waals surface area contributed by atoms with Gasteiger partial charge in [-0.05, 0) is 0 Å². The van der Waals surface area contributed by atoms with E-state index in [0.29, 0.717) is 5.56 Å². The summed E-state index contributed by atoms with van der Waals surface area (Å²) in [6.07, 6.45) is 1.29. The molecule has 108 valence electrons. The summed E-state index contributed by atoms with van der Waals surface area (Å²) in [7, 11) is 0. The zero-order valence-corrected chi connectivity index (χ0v) is 14.2. The van der Waals surface area contributed by atoms with Crippen molar-refractivity contribution in [1.29, 1.82) is 0 Å². The molecular weight excluding hydrogens is 387 g/mol. The van der Waals surface area contributed by atoms with Crippen molar-refractivity contribution < 1.29 is 0 Å². The molecule has 0 amide bonds. The lowest BCUT2D eigenvalue weighted by molar-refractivity contribution is 0.475. The number of rotatable bonds is 1. The van der Waals surface area contributed by atoms with Crippen LogP contribution in [0.4, 0.5) is 0 Å². The molecule has 1 heterocycles. The number of hydrogen-bond acceptors (Lipinski definition) is 3. The molecule has 1 aromatic carbocycles. The van der Waals surface area contributed by atoms with Crippen molar-refractivity contribution in [2.24, 2.45) is 9.98 Å². The summed E-state index contributed by atoms with van der Waals surface area (Å²) in [5.41, 5.74) is -0.965. The quantitative estimate of drug-likeness (QED) is 0.695. The lowest BCUT2D eigenvalue weighted by Crippen LogP contribution is -2.47. The minimum atomic E-state index is -1.87. The Kier molecular flexibility index (Phi) is 4.70. The van der Waals surface area contributed by atoms with Gasteiger partial charge in [0.05, 0.1) is 6.34 Å². The molecule has 0 aromatic heterocycles. The van der Waals surface area contributed by atoms with E-state index in [2.05, 4.69) is 15.3 Å². The zero-order chi connectivity index (χ0) is 15.0. The van der Waals surface area contributed by atoms with Gasteiger partial charge in [0, 0.05) is 5.56 Å². The normalized spacial score (nSPS) is 23.2. The molecule has 3 nitrogen and oxygen atoms in total. The van der Waals surface area contributed by atoms with Gasteiger partial charge < -0.3 is 5.32 Å². The smallest absolute Gasteiger partial charge is 0.247 e. The van der Waals surface area contributed by atoms with Gasteiger partial charge in [0.2, 0.25) is 13.2 Å². The minimum Gasteiger partial charge on any atom is -0.331 e. The van der Waals surface area contributed by atoms with Gasteiger partial charge in [0.25, 0.3) is 0 Å². The first kappa shape index (κ1) is 16.5. The van der Waals surface area contributed by atoms with Gasteiger partial charge in [0.15, 0.2) is 5.84 Å². The second-order valence-corrected chi connectivity index (χ2v) is 8.46. The Morgan fingerprint density at radius 2 is 1.55 bits per heavy atom. The van der Waals surface area contributed by atoms with E-state index in [1.54, 1.807) is 24.3 Å². The number of nitrogens with zero attached hydrogens (tertiary/aromatic N) is 2. The molecule has 1 unspecified atom stereocenters. The SMILES string of the molecule is ClC(Cl)(Cl)C1=NC(c2ccccc2)(C(Cl)(Cl)Cl)N=CN1. The monoisotopic (exact) mass is 391 g/mol. The van der Waals surface area contributed by atoms with Crippen LogP contribution in [0, 0.1) is 0 Å². The second kappa shape index (κ2) is 5.71. The molecule has 2 rings (SSSR count). The minimum absolute atomic E-state index is 0.0210. The van der Waals surface area contributed by atoms with E-state index >= 15 is 0 Å². The number of benzene rings is 1. The molecule has 0 radical (unpaired) electrons. The van der Waals surface area contributed by atoms with Gasteiger partial charge in [-0.25, -0.2) is 9.98 Å². The average Bonchev–Trinajstić information content (AvgIpc) is 2.37. The standard InChI is InChI=1S/C11H7Cl6N3/c12-10(13,14)8-18-6-19-9(20-8,11(15,16)17)7-4-2-1-3-5-7/h1-6H,(H,18,19,20). The predicted octanol–water partition coefficient (Wildman–Crippen LogP) is 4.61. The number of hydrogen-bond donors (Lipinski definition) is 1. The van der Waals surface area contributed by atoms with Crippen molar-refractivity contribution in [3.63, 3.8) is 0 Å². The first-order valence-electron chi connectivity index (χ1n) is 5.26. The van der Waals surface area contributed by atoms with Crippen LogP contribution >= 0.6 is 69.6 Å². The number of alkyl halides is 6. The van der Waals surface area contributed by atoms with E-state index in [9.17, 15) is 0 Å². The average molecular weight is 394 g/mol. The highest BCUT2D eigenvalue weighted by molar-refractivity contribution is 6.77. The maximum atomic E-state index is 6.07. The van der Waals surface area contributed by atoms with Gasteiger partial charge in [-0.2, -0.15) is 0 Å². The van der Waals surface area contributed by atoms with Gasteiger partial charge in [-0.3, -0.25) is 0 Å². The Hall–Kier alpha value is 0.1000. The lowest BCUT2D eigenvalue weighted by Gasteiger charge is -2.36. The van der Waals surface area contributed by atoms with Gasteiger partial charge >= 0.3 is 0 Å². The summed E-state index contributed by atoms with van der Waals surface area (Å²) in [6, 6.07) is 8.82. The second-order valence-electron chi connectivity index (χ2n) is 3.90. The molecule has 1 aliphatic heterocycles. The highest BCUT2D eigenvalue weighted by Gasteiger charge is 2.52. The molecule has 0 saturated carbocycles. The largest absolute Gasteiger partial charge is 0.331 e. The topological polar surface area (TPSA) is 36.8 Å². The molecule has 1 aromatic rings. The number of nitrogens with one attached hydrogen (secondary N) is 1. The van der Waals surface area contributed by atoms with E-state index in [0.717, 1.165) is 0 Å². The summed E-state index contributed by atoms with van der Waals surface area (Å²) in [5, 5.41) is 2.64. The van der Waals surface area contributed by atoms with E-state index in [1.807, 2.05) is 6.07 Å². The highest BCUT2D eigenvalue weighted by atomic mass is 35.6. The van der Waals surface area contributed by atoms with Crippen LogP contribution in [0.5, 0.6) is 0 Å². The Morgan fingerprint density at radius 3 is 2.05 bits per heavy atom. The van der Waals surface area contributed by atoms with Crippen molar-refractivity contribution in [1.82, 2.24) is 5.32 Å². The van der Waals surface area contributed by atoms with Crippen LogP contribution in [0.1, 0.15) is 5.56 Å². The number of aliphatic imine (C=N–C) groups is 2.